The van der Waals surface area contributed by atoms with Crippen LogP contribution >= 0.6 is 0 Å². The van der Waals surface area contributed by atoms with Crippen LogP contribution in [0.3, 0.4) is 0 Å². The normalized spacial score (nSPS) is 10.5. The zero-order valence-electron chi connectivity index (χ0n) is 6.64. The summed E-state index contributed by atoms with van der Waals surface area (Å²) < 4.78 is 0.444. The first-order valence-corrected chi connectivity index (χ1v) is 3.72. The Balaban J connectivity index is 2.94. The highest BCUT2D eigenvalue weighted by molar-refractivity contribution is 5.82. The number of phenolic OH excluding ortho intramolecular Hbond substituents is 1. The molecule has 0 unspecified atom stereocenters. The Kier molecular flexibility index (Phi) is 1.48. The fourth-order valence-electron chi connectivity index (χ4n) is 1.29. The summed E-state index contributed by atoms with van der Waals surface area (Å²) in [6.45, 7) is 0. The topological polar surface area (TPSA) is 67.4 Å². The molecule has 13 heavy (non-hydrogen) atoms. The molecule has 0 spiro atoms. The standard InChI is InChI=1S/C9H7NO3/c11-7-4-6-2-1-3-8(12)9(6)10(13)5-7/h1-5,11-12H. The Labute approximate surface area is 73.9 Å². The van der Waals surface area contributed by atoms with Crippen LogP contribution in [0.4, 0.5) is 0 Å². The lowest BCUT2D eigenvalue weighted by Crippen LogP contribution is -2.25. The van der Waals surface area contributed by atoms with Crippen LogP contribution in [0.5, 0.6) is 11.5 Å². The van der Waals surface area contributed by atoms with Crippen LogP contribution in [-0.4, -0.2) is 10.2 Å². The van der Waals surface area contributed by atoms with E-state index in [0.717, 1.165) is 6.20 Å². The van der Waals surface area contributed by atoms with Crippen LogP contribution in [0.1, 0.15) is 0 Å². The van der Waals surface area contributed by atoms with E-state index in [4.69, 9.17) is 5.11 Å². The number of nitrogens with zero attached hydrogens (tertiary/aromatic N) is 1. The van der Waals surface area contributed by atoms with Gasteiger partial charge in [0.25, 0.3) is 5.52 Å². The second-order valence-electron chi connectivity index (χ2n) is 2.74. The van der Waals surface area contributed by atoms with Gasteiger partial charge in [0.15, 0.2) is 11.5 Å². The Morgan fingerprint density at radius 3 is 2.77 bits per heavy atom. The van der Waals surface area contributed by atoms with Crippen molar-refractivity contribution in [1.82, 2.24) is 0 Å². The predicted octanol–water partition coefficient (Wildman–Crippen LogP) is 0.884. The monoisotopic (exact) mass is 177 g/mol. The molecule has 0 atom stereocenters. The Morgan fingerprint density at radius 2 is 2.00 bits per heavy atom. The number of fused-ring (bicyclic) bond motifs is 1. The van der Waals surface area contributed by atoms with Gasteiger partial charge in [0, 0.05) is 6.07 Å². The maximum absolute atomic E-state index is 11.2. The third-order valence-electron chi connectivity index (χ3n) is 1.82. The van der Waals surface area contributed by atoms with Crippen molar-refractivity contribution in [3.63, 3.8) is 0 Å². The van der Waals surface area contributed by atoms with Crippen molar-refractivity contribution in [2.45, 2.75) is 0 Å². The van der Waals surface area contributed by atoms with Gasteiger partial charge in [-0.25, -0.2) is 0 Å². The van der Waals surface area contributed by atoms with Crippen molar-refractivity contribution in [3.8, 4) is 11.5 Å². The minimum atomic E-state index is -0.117. The molecule has 0 aliphatic carbocycles. The van der Waals surface area contributed by atoms with E-state index in [2.05, 4.69) is 0 Å². The van der Waals surface area contributed by atoms with Crippen molar-refractivity contribution in [2.75, 3.05) is 0 Å². The number of benzene rings is 1. The van der Waals surface area contributed by atoms with Gasteiger partial charge in [0.2, 0.25) is 6.20 Å². The SMILES string of the molecule is [O-][n+]1cc(O)cc2cccc(O)c21. The van der Waals surface area contributed by atoms with E-state index in [1.165, 1.54) is 12.1 Å². The lowest BCUT2D eigenvalue weighted by Gasteiger charge is -2.02. The first-order valence-electron chi connectivity index (χ1n) is 3.72. The summed E-state index contributed by atoms with van der Waals surface area (Å²) in [4.78, 5) is 0. The molecule has 1 aromatic heterocycles. The zero-order chi connectivity index (χ0) is 9.42. The largest absolute Gasteiger partial charge is 0.618 e. The van der Waals surface area contributed by atoms with E-state index >= 15 is 0 Å². The molecule has 2 N–H and O–H groups in total. The van der Waals surface area contributed by atoms with Gasteiger partial charge >= 0.3 is 0 Å². The summed E-state index contributed by atoms with van der Waals surface area (Å²) >= 11 is 0. The third kappa shape index (κ3) is 1.12. The Hall–Kier alpha value is -1.97. The maximum atomic E-state index is 11.2. The van der Waals surface area contributed by atoms with Gasteiger partial charge in [-0.3, -0.25) is 0 Å². The van der Waals surface area contributed by atoms with Gasteiger partial charge in [-0.2, -0.15) is 4.73 Å². The average Bonchev–Trinajstić information content (AvgIpc) is 2.02. The highest BCUT2D eigenvalue weighted by Crippen LogP contribution is 2.22. The number of hydrogen-bond donors (Lipinski definition) is 2. The predicted molar refractivity (Wildman–Crippen MR) is 46.2 cm³/mol. The van der Waals surface area contributed by atoms with Gasteiger partial charge < -0.3 is 15.4 Å². The Morgan fingerprint density at radius 1 is 1.23 bits per heavy atom. The molecule has 0 amide bonds. The van der Waals surface area contributed by atoms with Crippen molar-refractivity contribution in [3.05, 3.63) is 35.7 Å². The molecule has 1 aromatic carbocycles. The molecule has 0 bridgehead atoms. The molecule has 0 saturated carbocycles. The molecule has 4 nitrogen and oxygen atoms in total. The first kappa shape index (κ1) is 7.67. The van der Waals surface area contributed by atoms with Crippen LogP contribution in [0.2, 0.25) is 0 Å². The second-order valence-corrected chi connectivity index (χ2v) is 2.74. The summed E-state index contributed by atoms with van der Waals surface area (Å²) in [5.74, 6) is -0.208. The molecule has 0 saturated heterocycles. The van der Waals surface area contributed by atoms with Gasteiger partial charge in [-0.05, 0) is 12.1 Å². The first-order chi connectivity index (χ1) is 6.18. The highest BCUT2D eigenvalue weighted by atomic mass is 16.5. The third-order valence-corrected chi connectivity index (χ3v) is 1.82. The van der Waals surface area contributed by atoms with Gasteiger partial charge in [-0.1, -0.05) is 6.07 Å². The van der Waals surface area contributed by atoms with Crippen molar-refractivity contribution < 1.29 is 14.9 Å². The minimum absolute atomic E-state index is 0.0903. The number of pyridine rings is 1. The maximum Gasteiger partial charge on any atom is 0.266 e. The van der Waals surface area contributed by atoms with Crippen LogP contribution in [0.25, 0.3) is 10.9 Å². The van der Waals surface area contributed by atoms with E-state index in [1.807, 2.05) is 0 Å². The van der Waals surface area contributed by atoms with Crippen molar-refractivity contribution in [2.24, 2.45) is 0 Å². The molecular weight excluding hydrogens is 170 g/mol. The lowest BCUT2D eigenvalue weighted by atomic mass is 10.2. The fraction of sp³-hybridized carbons (Fsp3) is 0. The molecule has 0 radical (unpaired) electrons. The van der Waals surface area contributed by atoms with E-state index in [1.54, 1.807) is 12.1 Å². The summed E-state index contributed by atoms with van der Waals surface area (Å²) in [5.41, 5.74) is 0.167. The number of phenols is 1. The number of hydrogen-bond acceptors (Lipinski definition) is 3. The van der Waals surface area contributed by atoms with Crippen LogP contribution in [0.15, 0.2) is 30.5 Å². The fourth-order valence-corrected chi connectivity index (χ4v) is 1.29. The Bertz CT molecular complexity index is 468. The highest BCUT2D eigenvalue weighted by Gasteiger charge is 2.09. The quantitative estimate of drug-likeness (QED) is 0.463. The smallest absolute Gasteiger partial charge is 0.266 e. The molecule has 4 heteroatoms. The number of rotatable bonds is 0. The summed E-state index contributed by atoms with van der Waals surface area (Å²) in [6, 6.07) is 6.09. The van der Waals surface area contributed by atoms with Crippen molar-refractivity contribution in [1.29, 1.82) is 0 Å². The van der Waals surface area contributed by atoms with Gasteiger partial charge in [0.1, 0.15) is 0 Å². The molecule has 2 aromatic rings. The second kappa shape index (κ2) is 2.52. The van der Waals surface area contributed by atoms with Gasteiger partial charge in [-0.15, -0.1) is 0 Å². The minimum Gasteiger partial charge on any atom is -0.618 e. The lowest BCUT2D eigenvalue weighted by molar-refractivity contribution is -0.577. The van der Waals surface area contributed by atoms with Crippen molar-refractivity contribution >= 4 is 10.9 Å². The molecule has 0 aliphatic rings. The molecular formula is C9H7NO3. The summed E-state index contributed by atoms with van der Waals surface area (Å²) in [6.07, 6.45) is 1.00. The molecule has 0 aliphatic heterocycles. The number of aromatic hydroxyl groups is 2. The number of aromatic nitrogens is 1. The van der Waals surface area contributed by atoms with E-state index < -0.39 is 0 Å². The molecule has 66 valence electrons. The van der Waals surface area contributed by atoms with Gasteiger partial charge in [0.05, 0.1) is 5.39 Å². The van der Waals surface area contributed by atoms with Crippen LogP contribution < -0.4 is 4.73 Å². The molecule has 1 heterocycles. The summed E-state index contributed by atoms with van der Waals surface area (Å²) in [7, 11) is 0. The van der Waals surface area contributed by atoms with Crippen LogP contribution in [0, 0.1) is 5.21 Å². The average molecular weight is 177 g/mol. The molecule has 2 rings (SSSR count). The molecule has 0 fully saturated rings. The van der Waals surface area contributed by atoms with E-state index in [0.29, 0.717) is 10.1 Å². The zero-order valence-corrected chi connectivity index (χ0v) is 6.64. The van der Waals surface area contributed by atoms with E-state index in [9.17, 15) is 10.3 Å². The van der Waals surface area contributed by atoms with E-state index in [-0.39, 0.29) is 17.0 Å². The van der Waals surface area contributed by atoms with Crippen LogP contribution in [-0.2, 0) is 0 Å². The number of para-hydroxylation sites is 1. The summed E-state index contributed by atoms with van der Waals surface area (Å²) in [5, 5.41) is 30.2.